The van der Waals surface area contributed by atoms with Gasteiger partial charge in [0.05, 0.1) is 12.7 Å². The normalized spacial score (nSPS) is 36.4. The molecule has 0 aromatic rings. The molecular weight excluding hydrogens is 276 g/mol. The third-order valence-corrected chi connectivity index (χ3v) is 4.55. The van der Waals surface area contributed by atoms with E-state index in [4.69, 9.17) is 14.6 Å². The highest BCUT2D eigenvalue weighted by Crippen LogP contribution is 2.23. The maximum atomic E-state index is 12.0. The molecule has 3 aliphatic heterocycles. The number of morpholine rings is 1. The molecule has 0 aromatic carbocycles. The van der Waals surface area contributed by atoms with Crippen LogP contribution in [0.4, 0.5) is 0 Å². The maximum Gasteiger partial charge on any atom is 0.332 e. The van der Waals surface area contributed by atoms with Gasteiger partial charge in [0.1, 0.15) is 6.10 Å². The van der Waals surface area contributed by atoms with Crippen molar-refractivity contribution in [2.75, 3.05) is 26.2 Å². The first-order chi connectivity index (χ1) is 10.1. The van der Waals surface area contributed by atoms with Crippen molar-refractivity contribution in [2.24, 2.45) is 0 Å². The number of amides is 1. The highest BCUT2D eigenvalue weighted by molar-refractivity contribution is 5.82. The molecule has 0 aromatic heterocycles. The van der Waals surface area contributed by atoms with Crippen LogP contribution in [-0.2, 0) is 19.1 Å². The van der Waals surface area contributed by atoms with E-state index in [1.165, 1.54) is 12.8 Å². The SMILES string of the molecule is O=C(NCC1CN2CCCC2CO1)[C@@H]1CC[C@H](C(=O)O)O1. The molecule has 3 saturated heterocycles. The van der Waals surface area contributed by atoms with Crippen molar-refractivity contribution in [3.63, 3.8) is 0 Å². The van der Waals surface area contributed by atoms with Crippen molar-refractivity contribution in [3.8, 4) is 0 Å². The fraction of sp³-hybridized carbons (Fsp3) is 0.857. The van der Waals surface area contributed by atoms with Crippen LogP contribution in [0, 0.1) is 0 Å². The Balaban J connectivity index is 1.41. The van der Waals surface area contributed by atoms with Crippen LogP contribution >= 0.6 is 0 Å². The summed E-state index contributed by atoms with van der Waals surface area (Å²) in [5.74, 6) is -1.23. The molecule has 7 heteroatoms. The van der Waals surface area contributed by atoms with E-state index < -0.39 is 18.2 Å². The molecule has 0 spiro atoms. The molecule has 0 saturated carbocycles. The van der Waals surface area contributed by atoms with Gasteiger partial charge in [0.25, 0.3) is 0 Å². The highest BCUT2D eigenvalue weighted by Gasteiger charge is 2.36. The monoisotopic (exact) mass is 298 g/mol. The second kappa shape index (κ2) is 6.29. The standard InChI is InChI=1S/C14H22N2O5/c17-13(11-3-4-12(21-11)14(18)19)15-6-10-7-16-5-1-2-9(16)8-20-10/h9-12H,1-8H2,(H,15,17)(H,18,19)/t9?,10?,11-,12+/m0/s1. The van der Waals surface area contributed by atoms with E-state index >= 15 is 0 Å². The summed E-state index contributed by atoms with van der Waals surface area (Å²) in [4.78, 5) is 25.2. The van der Waals surface area contributed by atoms with Gasteiger partial charge >= 0.3 is 5.97 Å². The van der Waals surface area contributed by atoms with Gasteiger partial charge in [0, 0.05) is 19.1 Å². The first-order valence-electron chi connectivity index (χ1n) is 7.65. The number of carbonyl (C=O) groups is 2. The third kappa shape index (κ3) is 3.36. The zero-order chi connectivity index (χ0) is 14.8. The van der Waals surface area contributed by atoms with Gasteiger partial charge in [-0.15, -0.1) is 0 Å². The molecular formula is C14H22N2O5. The molecule has 3 aliphatic rings. The number of fused-ring (bicyclic) bond motifs is 1. The largest absolute Gasteiger partial charge is 0.479 e. The Bertz CT molecular complexity index is 416. The van der Waals surface area contributed by atoms with Gasteiger partial charge in [-0.3, -0.25) is 9.69 Å². The summed E-state index contributed by atoms with van der Waals surface area (Å²) in [5.41, 5.74) is 0. The number of nitrogens with one attached hydrogen (secondary N) is 1. The number of ether oxygens (including phenoxy) is 2. The van der Waals surface area contributed by atoms with Crippen LogP contribution in [0.3, 0.4) is 0 Å². The Kier molecular flexibility index (Phi) is 4.42. The highest BCUT2D eigenvalue weighted by atomic mass is 16.5. The predicted octanol–water partition coefficient (Wildman–Crippen LogP) is -0.402. The van der Waals surface area contributed by atoms with Crippen molar-refractivity contribution in [3.05, 3.63) is 0 Å². The first-order valence-corrected chi connectivity index (χ1v) is 7.65. The summed E-state index contributed by atoms with van der Waals surface area (Å²) >= 11 is 0. The van der Waals surface area contributed by atoms with Gasteiger partial charge in [-0.05, 0) is 32.2 Å². The lowest BCUT2D eigenvalue weighted by molar-refractivity contribution is -0.152. The van der Waals surface area contributed by atoms with Gasteiger partial charge < -0.3 is 19.9 Å². The van der Waals surface area contributed by atoms with E-state index in [1.807, 2.05) is 0 Å². The van der Waals surface area contributed by atoms with Crippen molar-refractivity contribution in [2.45, 2.75) is 50.0 Å². The zero-order valence-corrected chi connectivity index (χ0v) is 12.0. The molecule has 7 nitrogen and oxygen atoms in total. The molecule has 21 heavy (non-hydrogen) atoms. The van der Waals surface area contributed by atoms with E-state index in [0.29, 0.717) is 25.4 Å². The van der Waals surface area contributed by atoms with Crippen LogP contribution < -0.4 is 5.32 Å². The number of hydrogen-bond acceptors (Lipinski definition) is 5. The minimum absolute atomic E-state index is 0.0139. The van der Waals surface area contributed by atoms with Crippen molar-refractivity contribution in [1.29, 1.82) is 0 Å². The van der Waals surface area contributed by atoms with Crippen molar-refractivity contribution >= 4 is 11.9 Å². The second-order valence-electron chi connectivity index (χ2n) is 6.02. The Morgan fingerprint density at radius 3 is 2.81 bits per heavy atom. The number of rotatable bonds is 4. The van der Waals surface area contributed by atoms with E-state index in [1.54, 1.807) is 0 Å². The summed E-state index contributed by atoms with van der Waals surface area (Å²) in [5, 5.41) is 11.7. The third-order valence-electron chi connectivity index (χ3n) is 4.55. The van der Waals surface area contributed by atoms with E-state index in [2.05, 4.69) is 10.2 Å². The Labute approximate surface area is 123 Å². The summed E-state index contributed by atoms with van der Waals surface area (Å²) in [7, 11) is 0. The molecule has 0 radical (unpaired) electrons. The average Bonchev–Trinajstić information content (AvgIpc) is 3.12. The number of aliphatic carboxylic acids is 1. The van der Waals surface area contributed by atoms with Crippen LogP contribution in [0.5, 0.6) is 0 Å². The molecule has 4 atom stereocenters. The summed E-state index contributed by atoms with van der Waals surface area (Å²) < 4.78 is 11.0. The van der Waals surface area contributed by atoms with Gasteiger partial charge in [0.15, 0.2) is 6.10 Å². The predicted molar refractivity (Wildman–Crippen MR) is 72.9 cm³/mol. The first kappa shape index (κ1) is 14.7. The number of nitrogens with zero attached hydrogens (tertiary/aromatic N) is 1. The molecule has 118 valence electrons. The van der Waals surface area contributed by atoms with Crippen LogP contribution in [0.15, 0.2) is 0 Å². The van der Waals surface area contributed by atoms with E-state index in [9.17, 15) is 9.59 Å². The maximum absolute atomic E-state index is 12.0. The molecule has 2 N–H and O–H groups in total. The lowest BCUT2D eigenvalue weighted by atomic mass is 10.1. The molecule has 0 bridgehead atoms. The van der Waals surface area contributed by atoms with Crippen LogP contribution in [-0.4, -0.2) is 72.5 Å². The Hall–Kier alpha value is -1.18. The molecule has 1 amide bonds. The van der Waals surface area contributed by atoms with Crippen LogP contribution in [0.25, 0.3) is 0 Å². The van der Waals surface area contributed by atoms with Crippen molar-refractivity contribution in [1.82, 2.24) is 10.2 Å². The van der Waals surface area contributed by atoms with Crippen molar-refractivity contribution < 1.29 is 24.2 Å². The Morgan fingerprint density at radius 1 is 1.24 bits per heavy atom. The van der Waals surface area contributed by atoms with Gasteiger partial charge in [0.2, 0.25) is 5.91 Å². The topological polar surface area (TPSA) is 88.1 Å². The van der Waals surface area contributed by atoms with E-state index in [-0.39, 0.29) is 12.0 Å². The summed E-state index contributed by atoms with van der Waals surface area (Å²) in [6.45, 7) is 3.17. The minimum Gasteiger partial charge on any atom is -0.479 e. The fourth-order valence-electron chi connectivity index (χ4n) is 3.35. The fourth-order valence-corrected chi connectivity index (χ4v) is 3.35. The molecule has 3 heterocycles. The zero-order valence-electron chi connectivity index (χ0n) is 12.0. The number of carboxylic acid groups (broad SMARTS) is 1. The molecule has 3 fully saturated rings. The quantitative estimate of drug-likeness (QED) is 0.734. The number of hydrogen-bond donors (Lipinski definition) is 2. The molecule has 0 aliphatic carbocycles. The van der Waals surface area contributed by atoms with Crippen LogP contribution in [0.1, 0.15) is 25.7 Å². The summed E-state index contributed by atoms with van der Waals surface area (Å²) in [6.07, 6.45) is 1.79. The number of carbonyl (C=O) groups excluding carboxylic acids is 1. The lowest BCUT2D eigenvalue weighted by Gasteiger charge is -2.35. The summed E-state index contributed by atoms with van der Waals surface area (Å²) in [6, 6.07) is 0.548. The average molecular weight is 298 g/mol. The minimum atomic E-state index is -0.999. The Morgan fingerprint density at radius 2 is 2.05 bits per heavy atom. The number of carboxylic acids is 1. The molecule has 2 unspecified atom stereocenters. The molecule has 3 rings (SSSR count). The van der Waals surface area contributed by atoms with Gasteiger partial charge in [-0.2, -0.15) is 0 Å². The van der Waals surface area contributed by atoms with E-state index in [0.717, 1.165) is 19.7 Å². The lowest BCUT2D eigenvalue weighted by Crippen LogP contribution is -2.51. The van der Waals surface area contributed by atoms with Gasteiger partial charge in [-0.25, -0.2) is 4.79 Å². The smallest absolute Gasteiger partial charge is 0.332 e. The van der Waals surface area contributed by atoms with Crippen LogP contribution in [0.2, 0.25) is 0 Å². The van der Waals surface area contributed by atoms with Gasteiger partial charge in [-0.1, -0.05) is 0 Å². The second-order valence-corrected chi connectivity index (χ2v) is 6.02.